The van der Waals surface area contributed by atoms with Crippen molar-refractivity contribution in [1.29, 1.82) is 0 Å². The minimum Gasteiger partial charge on any atom is -0.488 e. The van der Waals surface area contributed by atoms with Crippen LogP contribution in [0.25, 0.3) is 10.4 Å². The van der Waals surface area contributed by atoms with Gasteiger partial charge in [0, 0.05) is 22.5 Å². The van der Waals surface area contributed by atoms with Crippen LogP contribution in [-0.4, -0.2) is 32.4 Å². The number of nitrogens with one attached hydrogen (secondary N) is 1. The van der Waals surface area contributed by atoms with E-state index < -0.39 is 9.84 Å². The van der Waals surface area contributed by atoms with Crippen molar-refractivity contribution < 1.29 is 17.9 Å². The zero-order valence-corrected chi connectivity index (χ0v) is 14.6. The van der Waals surface area contributed by atoms with E-state index in [1.165, 1.54) is 11.3 Å². The van der Waals surface area contributed by atoms with Crippen LogP contribution in [0.2, 0.25) is 0 Å². The lowest BCUT2D eigenvalue weighted by Gasteiger charge is -2.16. The van der Waals surface area contributed by atoms with E-state index in [4.69, 9.17) is 4.74 Å². The van der Waals surface area contributed by atoms with Gasteiger partial charge in [-0.05, 0) is 30.5 Å². The van der Waals surface area contributed by atoms with Crippen LogP contribution in [0.1, 0.15) is 21.7 Å². The van der Waals surface area contributed by atoms with Crippen molar-refractivity contribution in [3.8, 4) is 16.2 Å². The molecule has 1 fully saturated rings. The van der Waals surface area contributed by atoms with Crippen molar-refractivity contribution in [3.63, 3.8) is 0 Å². The first kappa shape index (κ1) is 15.7. The molecule has 0 bridgehead atoms. The van der Waals surface area contributed by atoms with E-state index in [1.54, 1.807) is 0 Å². The summed E-state index contributed by atoms with van der Waals surface area (Å²) in [6.45, 7) is 0.880. The van der Waals surface area contributed by atoms with Crippen LogP contribution in [0.15, 0.2) is 30.3 Å². The monoisotopic (exact) mass is 363 g/mol. The Kier molecular flexibility index (Phi) is 3.85. The van der Waals surface area contributed by atoms with Crippen LogP contribution in [-0.2, 0) is 16.4 Å². The number of carbonyl (C=O) groups excluding carboxylic acids is 1. The number of amides is 1. The van der Waals surface area contributed by atoms with Crippen LogP contribution < -0.4 is 10.1 Å². The lowest BCUT2D eigenvalue weighted by Crippen LogP contribution is -2.29. The van der Waals surface area contributed by atoms with Crippen molar-refractivity contribution in [2.45, 2.75) is 13.0 Å². The molecule has 126 valence electrons. The molecule has 2 aliphatic rings. The van der Waals surface area contributed by atoms with E-state index in [2.05, 4.69) is 5.32 Å². The van der Waals surface area contributed by atoms with Crippen LogP contribution in [0.3, 0.4) is 0 Å². The highest BCUT2D eigenvalue weighted by Crippen LogP contribution is 2.42. The van der Waals surface area contributed by atoms with E-state index in [9.17, 15) is 13.2 Å². The molecule has 1 aromatic heterocycles. The average Bonchev–Trinajstić information content (AvgIpc) is 3.15. The van der Waals surface area contributed by atoms with Crippen LogP contribution in [0, 0.1) is 5.92 Å². The van der Waals surface area contributed by atoms with E-state index in [1.807, 2.05) is 30.3 Å². The Morgan fingerprint density at radius 1 is 1.33 bits per heavy atom. The van der Waals surface area contributed by atoms with E-state index >= 15 is 0 Å². The molecule has 7 heteroatoms. The summed E-state index contributed by atoms with van der Waals surface area (Å²) in [4.78, 5) is 14.1. The van der Waals surface area contributed by atoms with E-state index in [0.29, 0.717) is 24.4 Å². The number of para-hydroxylation sites is 1. The molecule has 5 nitrogen and oxygen atoms in total. The normalized spacial score (nSPS) is 20.8. The molecular formula is C17H17NO4S2. The van der Waals surface area contributed by atoms with Gasteiger partial charge in [-0.3, -0.25) is 4.79 Å². The largest absolute Gasteiger partial charge is 0.488 e. The predicted octanol–water partition coefficient (Wildman–Crippen LogP) is 2.47. The van der Waals surface area contributed by atoms with Crippen LogP contribution in [0.4, 0.5) is 0 Å². The van der Waals surface area contributed by atoms with Crippen LogP contribution >= 0.6 is 11.3 Å². The van der Waals surface area contributed by atoms with E-state index in [0.717, 1.165) is 21.8 Å². The summed E-state index contributed by atoms with van der Waals surface area (Å²) in [6, 6.07) is 9.68. The number of sulfone groups is 1. The summed E-state index contributed by atoms with van der Waals surface area (Å²) < 4.78 is 28.7. The average molecular weight is 363 g/mol. The number of rotatable bonds is 3. The minimum absolute atomic E-state index is 0.0256. The second-order valence-corrected chi connectivity index (χ2v) is 9.51. The molecule has 0 spiro atoms. The lowest BCUT2D eigenvalue weighted by atomic mass is 10.1. The maximum absolute atomic E-state index is 12.4. The molecule has 3 heterocycles. The molecule has 0 aliphatic carbocycles. The highest BCUT2D eigenvalue weighted by molar-refractivity contribution is 7.91. The van der Waals surface area contributed by atoms with E-state index in [-0.39, 0.29) is 23.3 Å². The summed E-state index contributed by atoms with van der Waals surface area (Å²) >= 11 is 1.46. The molecule has 0 radical (unpaired) electrons. The minimum atomic E-state index is -2.91. The molecule has 1 N–H and O–H groups in total. The highest BCUT2D eigenvalue weighted by Gasteiger charge is 2.28. The number of hydrogen-bond donors (Lipinski definition) is 1. The standard InChI is InChI=1S/C17H17NO4S2/c19-17(18-8-11-5-6-24(20,21)10-11)15-7-12-9-22-14-4-2-1-3-13(14)16(12)23-15/h1-4,7,11H,5-6,8-10H2,(H,18,19). The second kappa shape index (κ2) is 5.89. The number of carbonyl (C=O) groups is 1. The van der Waals surface area contributed by atoms with Gasteiger partial charge in [0.15, 0.2) is 9.84 Å². The number of ether oxygens (including phenoxy) is 1. The molecule has 2 aromatic rings. The molecule has 4 rings (SSSR count). The molecule has 2 aliphatic heterocycles. The lowest BCUT2D eigenvalue weighted by molar-refractivity contribution is 0.0952. The van der Waals surface area contributed by atoms with Gasteiger partial charge in [-0.2, -0.15) is 0 Å². The molecule has 1 unspecified atom stereocenters. The first-order chi connectivity index (χ1) is 11.5. The Bertz CT molecular complexity index is 901. The number of benzene rings is 1. The Balaban J connectivity index is 1.48. The summed E-state index contributed by atoms with van der Waals surface area (Å²) in [5.41, 5.74) is 2.04. The Labute approximate surface area is 144 Å². The molecule has 24 heavy (non-hydrogen) atoms. The topological polar surface area (TPSA) is 72.5 Å². The van der Waals surface area contributed by atoms with Crippen LogP contribution in [0.5, 0.6) is 5.75 Å². The number of hydrogen-bond acceptors (Lipinski definition) is 5. The molecule has 1 saturated heterocycles. The maximum atomic E-state index is 12.4. The Morgan fingerprint density at radius 2 is 2.17 bits per heavy atom. The number of fused-ring (bicyclic) bond motifs is 3. The quantitative estimate of drug-likeness (QED) is 0.909. The van der Waals surface area contributed by atoms with Crippen molar-refractivity contribution >= 4 is 27.1 Å². The molecule has 1 aromatic carbocycles. The van der Waals surface area contributed by atoms with Gasteiger partial charge in [0.05, 0.1) is 16.4 Å². The zero-order chi connectivity index (χ0) is 16.7. The highest BCUT2D eigenvalue weighted by atomic mass is 32.2. The summed E-state index contributed by atoms with van der Waals surface area (Å²) in [7, 11) is -2.91. The first-order valence-electron chi connectivity index (χ1n) is 7.85. The fraction of sp³-hybridized carbons (Fsp3) is 0.353. The fourth-order valence-corrected chi connectivity index (χ4v) is 6.14. The van der Waals surface area contributed by atoms with Crippen molar-refractivity contribution in [3.05, 3.63) is 40.8 Å². The van der Waals surface area contributed by atoms with Crippen molar-refractivity contribution in [2.24, 2.45) is 5.92 Å². The van der Waals surface area contributed by atoms with Crippen molar-refractivity contribution in [2.75, 3.05) is 18.1 Å². The smallest absolute Gasteiger partial charge is 0.261 e. The Hall–Kier alpha value is -1.86. The fourth-order valence-electron chi connectivity index (χ4n) is 3.17. The maximum Gasteiger partial charge on any atom is 0.261 e. The van der Waals surface area contributed by atoms with Gasteiger partial charge in [-0.15, -0.1) is 11.3 Å². The third kappa shape index (κ3) is 2.93. The second-order valence-electron chi connectivity index (χ2n) is 6.23. The molecule has 1 amide bonds. The third-order valence-corrected chi connectivity index (χ3v) is 7.47. The summed E-state index contributed by atoms with van der Waals surface area (Å²) in [5.74, 6) is 1.13. The van der Waals surface area contributed by atoms with Crippen molar-refractivity contribution in [1.82, 2.24) is 5.32 Å². The number of thiophene rings is 1. The van der Waals surface area contributed by atoms with Gasteiger partial charge in [0.2, 0.25) is 0 Å². The Morgan fingerprint density at radius 3 is 2.96 bits per heavy atom. The first-order valence-corrected chi connectivity index (χ1v) is 10.5. The van der Waals surface area contributed by atoms with Gasteiger partial charge >= 0.3 is 0 Å². The van der Waals surface area contributed by atoms with Gasteiger partial charge in [0.25, 0.3) is 5.91 Å². The summed E-state index contributed by atoms with van der Waals surface area (Å²) in [5, 5.41) is 2.88. The SMILES string of the molecule is O=C(NCC1CCS(=O)(=O)C1)c1cc2c(s1)-c1ccccc1OC2. The zero-order valence-electron chi connectivity index (χ0n) is 12.9. The van der Waals surface area contributed by atoms with Gasteiger partial charge in [-0.1, -0.05) is 12.1 Å². The predicted molar refractivity (Wildman–Crippen MR) is 93.2 cm³/mol. The summed E-state index contributed by atoms with van der Waals surface area (Å²) in [6.07, 6.45) is 0.630. The third-order valence-electron chi connectivity index (χ3n) is 4.43. The molecule has 0 saturated carbocycles. The van der Waals surface area contributed by atoms with Gasteiger partial charge < -0.3 is 10.1 Å². The van der Waals surface area contributed by atoms with Gasteiger partial charge in [0.1, 0.15) is 12.4 Å². The van der Waals surface area contributed by atoms with Gasteiger partial charge in [-0.25, -0.2) is 8.42 Å². The molecule has 1 atom stereocenters. The molecular weight excluding hydrogens is 346 g/mol.